The third kappa shape index (κ3) is 2.06. The van der Waals surface area contributed by atoms with E-state index in [9.17, 15) is 0 Å². The molecule has 0 amide bonds. The molecule has 5 nitrogen and oxygen atoms in total. The minimum atomic E-state index is 0.608. The molecule has 1 aliphatic heterocycles. The maximum Gasteiger partial charge on any atom is 0.157 e. The molecule has 1 unspecified atom stereocenters. The number of pyridine rings is 1. The van der Waals surface area contributed by atoms with Gasteiger partial charge in [-0.05, 0) is 38.3 Å². The molecule has 0 aromatic carbocycles. The fraction of sp³-hybridized carbons (Fsp3) is 0.600. The van der Waals surface area contributed by atoms with Crippen LogP contribution in [0, 0.1) is 0 Å². The Hall–Kier alpha value is -1.62. The first-order valence-electron chi connectivity index (χ1n) is 7.59. The summed E-state index contributed by atoms with van der Waals surface area (Å²) in [6.07, 6.45) is 8.95. The van der Waals surface area contributed by atoms with Crippen LogP contribution in [0.15, 0.2) is 18.6 Å². The van der Waals surface area contributed by atoms with Crippen LogP contribution in [0.1, 0.15) is 25.7 Å². The Morgan fingerprint density at radius 2 is 2.25 bits per heavy atom. The van der Waals surface area contributed by atoms with E-state index in [0.29, 0.717) is 12.1 Å². The number of hydrogen-bond donors (Lipinski definition) is 1. The highest BCUT2D eigenvalue weighted by molar-refractivity contribution is 5.86. The number of aryl methyl sites for hydroxylation is 1. The molecule has 0 bridgehead atoms. The van der Waals surface area contributed by atoms with Crippen LogP contribution >= 0.6 is 0 Å². The molecule has 2 aromatic heterocycles. The molecule has 5 heteroatoms. The van der Waals surface area contributed by atoms with E-state index in [4.69, 9.17) is 0 Å². The van der Waals surface area contributed by atoms with Gasteiger partial charge in [0.15, 0.2) is 5.82 Å². The second-order valence-electron chi connectivity index (χ2n) is 6.03. The highest BCUT2D eigenvalue weighted by Gasteiger charge is 2.33. The summed E-state index contributed by atoms with van der Waals surface area (Å²) in [6.45, 7) is 2.22. The van der Waals surface area contributed by atoms with Crippen LogP contribution in [0.25, 0.3) is 11.0 Å². The van der Waals surface area contributed by atoms with E-state index in [1.807, 2.05) is 25.6 Å². The SMILES string of the molecule is Cn1cnc2c(N(CC3CCCN3)C3CC3)nccc21. The molecule has 1 saturated carbocycles. The van der Waals surface area contributed by atoms with Crippen molar-refractivity contribution in [3.63, 3.8) is 0 Å². The van der Waals surface area contributed by atoms with E-state index < -0.39 is 0 Å². The molecule has 20 heavy (non-hydrogen) atoms. The smallest absolute Gasteiger partial charge is 0.157 e. The maximum atomic E-state index is 4.65. The number of nitrogens with zero attached hydrogens (tertiary/aromatic N) is 4. The summed E-state index contributed by atoms with van der Waals surface area (Å²) in [5.74, 6) is 1.07. The van der Waals surface area contributed by atoms with Gasteiger partial charge in [0.1, 0.15) is 5.52 Å². The fourth-order valence-electron chi connectivity index (χ4n) is 3.20. The summed E-state index contributed by atoms with van der Waals surface area (Å²) in [6, 6.07) is 3.32. The Morgan fingerprint density at radius 1 is 1.35 bits per heavy atom. The van der Waals surface area contributed by atoms with Gasteiger partial charge in [-0.3, -0.25) is 0 Å². The van der Waals surface area contributed by atoms with E-state index >= 15 is 0 Å². The molecule has 2 fully saturated rings. The molecule has 2 aromatic rings. The Morgan fingerprint density at radius 3 is 3.00 bits per heavy atom. The van der Waals surface area contributed by atoms with Crippen LogP contribution in [0.2, 0.25) is 0 Å². The van der Waals surface area contributed by atoms with Crippen molar-refractivity contribution in [3.05, 3.63) is 18.6 Å². The number of hydrogen-bond acceptors (Lipinski definition) is 4. The predicted molar refractivity (Wildman–Crippen MR) is 79.9 cm³/mol. The summed E-state index contributed by atoms with van der Waals surface area (Å²) >= 11 is 0. The zero-order valence-electron chi connectivity index (χ0n) is 11.9. The molecule has 3 heterocycles. The summed E-state index contributed by atoms with van der Waals surface area (Å²) in [4.78, 5) is 11.7. The first-order chi connectivity index (χ1) is 9.83. The van der Waals surface area contributed by atoms with Crippen molar-refractivity contribution >= 4 is 16.9 Å². The number of aromatic nitrogens is 3. The van der Waals surface area contributed by atoms with Gasteiger partial charge in [-0.2, -0.15) is 0 Å². The zero-order chi connectivity index (χ0) is 13.5. The first kappa shape index (κ1) is 12.1. The Kier molecular flexibility index (Phi) is 2.88. The molecular formula is C15H21N5. The van der Waals surface area contributed by atoms with E-state index in [0.717, 1.165) is 24.4 Å². The van der Waals surface area contributed by atoms with Crippen LogP contribution in [0.5, 0.6) is 0 Å². The fourth-order valence-corrected chi connectivity index (χ4v) is 3.20. The lowest BCUT2D eigenvalue weighted by atomic mass is 10.2. The van der Waals surface area contributed by atoms with Gasteiger partial charge in [-0.1, -0.05) is 0 Å². The molecule has 4 rings (SSSR count). The standard InChI is InChI=1S/C15H21N5/c1-19-10-18-14-13(19)6-8-17-15(14)20(12-4-5-12)9-11-3-2-7-16-11/h6,8,10-12,16H,2-5,7,9H2,1H3. The third-order valence-electron chi connectivity index (χ3n) is 4.46. The van der Waals surface area contributed by atoms with Crippen LogP contribution in [0.3, 0.4) is 0 Å². The summed E-state index contributed by atoms with van der Waals surface area (Å²) in [5, 5.41) is 3.60. The van der Waals surface area contributed by atoms with Crippen LogP contribution in [-0.2, 0) is 7.05 Å². The lowest BCUT2D eigenvalue weighted by molar-refractivity contribution is 0.576. The van der Waals surface area contributed by atoms with Gasteiger partial charge in [0.2, 0.25) is 0 Å². The topological polar surface area (TPSA) is 46.0 Å². The van der Waals surface area contributed by atoms with E-state index in [1.54, 1.807) is 0 Å². The van der Waals surface area contributed by atoms with Crippen molar-refractivity contribution in [3.8, 4) is 0 Å². The number of nitrogens with one attached hydrogen (secondary N) is 1. The summed E-state index contributed by atoms with van der Waals surface area (Å²) in [5.41, 5.74) is 2.21. The second-order valence-corrected chi connectivity index (χ2v) is 6.03. The molecule has 0 spiro atoms. The molecule has 106 valence electrons. The maximum absolute atomic E-state index is 4.65. The van der Waals surface area contributed by atoms with Crippen LogP contribution < -0.4 is 10.2 Å². The van der Waals surface area contributed by atoms with Crippen LogP contribution in [0.4, 0.5) is 5.82 Å². The number of anilines is 1. The van der Waals surface area contributed by atoms with Crippen LogP contribution in [-0.4, -0.2) is 39.7 Å². The quantitative estimate of drug-likeness (QED) is 0.919. The Labute approximate surface area is 119 Å². The van der Waals surface area contributed by atoms with Crippen molar-refractivity contribution in [2.45, 2.75) is 37.8 Å². The molecule has 0 radical (unpaired) electrons. The Balaban J connectivity index is 1.70. The monoisotopic (exact) mass is 271 g/mol. The minimum Gasteiger partial charge on any atom is -0.350 e. The van der Waals surface area contributed by atoms with Gasteiger partial charge < -0.3 is 14.8 Å². The molecule has 1 atom stereocenters. The molecule has 1 N–H and O–H groups in total. The average molecular weight is 271 g/mol. The van der Waals surface area contributed by atoms with E-state index in [-0.39, 0.29) is 0 Å². The van der Waals surface area contributed by atoms with Crippen molar-refractivity contribution < 1.29 is 0 Å². The normalized spacial score (nSPS) is 22.6. The lowest BCUT2D eigenvalue weighted by Gasteiger charge is -2.27. The predicted octanol–water partition coefficient (Wildman–Crippen LogP) is 1.69. The molecule has 1 saturated heterocycles. The number of imidazole rings is 1. The third-order valence-corrected chi connectivity index (χ3v) is 4.46. The first-order valence-corrected chi connectivity index (χ1v) is 7.59. The lowest BCUT2D eigenvalue weighted by Crippen LogP contribution is -2.39. The van der Waals surface area contributed by atoms with Crippen molar-refractivity contribution in [1.29, 1.82) is 0 Å². The van der Waals surface area contributed by atoms with Gasteiger partial charge in [-0.15, -0.1) is 0 Å². The van der Waals surface area contributed by atoms with Gasteiger partial charge in [0, 0.05) is 31.9 Å². The number of rotatable bonds is 4. The number of fused-ring (bicyclic) bond motifs is 1. The Bertz CT molecular complexity index is 610. The summed E-state index contributed by atoms with van der Waals surface area (Å²) in [7, 11) is 2.04. The zero-order valence-corrected chi connectivity index (χ0v) is 11.9. The highest BCUT2D eigenvalue weighted by Crippen LogP contribution is 2.34. The van der Waals surface area contributed by atoms with E-state index in [1.165, 1.54) is 31.2 Å². The van der Waals surface area contributed by atoms with Crippen molar-refractivity contribution in [2.75, 3.05) is 18.0 Å². The van der Waals surface area contributed by atoms with E-state index in [2.05, 4.69) is 24.8 Å². The highest BCUT2D eigenvalue weighted by atomic mass is 15.3. The van der Waals surface area contributed by atoms with Gasteiger partial charge in [0.25, 0.3) is 0 Å². The van der Waals surface area contributed by atoms with Crippen molar-refractivity contribution in [2.24, 2.45) is 7.05 Å². The van der Waals surface area contributed by atoms with Crippen molar-refractivity contribution in [1.82, 2.24) is 19.9 Å². The average Bonchev–Trinajstić information content (AvgIpc) is 3.04. The molecular weight excluding hydrogens is 250 g/mol. The van der Waals surface area contributed by atoms with Gasteiger partial charge >= 0.3 is 0 Å². The minimum absolute atomic E-state index is 0.608. The summed E-state index contributed by atoms with van der Waals surface area (Å²) < 4.78 is 2.07. The molecule has 1 aliphatic carbocycles. The van der Waals surface area contributed by atoms with Gasteiger partial charge in [-0.25, -0.2) is 9.97 Å². The second kappa shape index (κ2) is 4.74. The molecule has 2 aliphatic rings. The largest absolute Gasteiger partial charge is 0.350 e. The van der Waals surface area contributed by atoms with Gasteiger partial charge in [0.05, 0.1) is 11.8 Å².